The zero-order valence-corrected chi connectivity index (χ0v) is 18.4. The summed E-state index contributed by atoms with van der Waals surface area (Å²) in [5, 5.41) is 3.66. The van der Waals surface area contributed by atoms with Gasteiger partial charge in [0, 0.05) is 33.2 Å². The van der Waals surface area contributed by atoms with Gasteiger partial charge in [-0.05, 0) is 68.5 Å². The molecule has 0 saturated carbocycles. The number of nitrogens with one attached hydrogen (secondary N) is 1. The van der Waals surface area contributed by atoms with Crippen LogP contribution in [-0.2, 0) is 0 Å². The van der Waals surface area contributed by atoms with Crippen LogP contribution in [0.15, 0.2) is 4.99 Å². The second-order valence-corrected chi connectivity index (χ2v) is 8.67. The number of guanidine groups is 1. The van der Waals surface area contributed by atoms with Gasteiger partial charge in [0.05, 0.1) is 0 Å². The fourth-order valence-corrected chi connectivity index (χ4v) is 5.40. The normalized spacial score (nSPS) is 27.1. The van der Waals surface area contributed by atoms with Gasteiger partial charge in [0.15, 0.2) is 5.96 Å². The molecule has 0 aromatic heterocycles. The van der Waals surface area contributed by atoms with Crippen LogP contribution in [0.1, 0.15) is 38.5 Å². The molecule has 0 aromatic carbocycles. The molecule has 140 valence electrons. The van der Waals surface area contributed by atoms with Crippen molar-refractivity contribution >= 4 is 41.7 Å². The van der Waals surface area contributed by atoms with Gasteiger partial charge >= 0.3 is 0 Å². The lowest BCUT2D eigenvalue weighted by Crippen LogP contribution is -2.43. The van der Waals surface area contributed by atoms with Crippen molar-refractivity contribution in [2.45, 2.75) is 38.5 Å². The second-order valence-electron chi connectivity index (χ2n) is 7.45. The van der Waals surface area contributed by atoms with Gasteiger partial charge in [-0.1, -0.05) is 6.42 Å². The summed E-state index contributed by atoms with van der Waals surface area (Å²) in [7, 11) is 1.94. The Labute approximate surface area is 169 Å². The van der Waals surface area contributed by atoms with Crippen molar-refractivity contribution in [1.29, 1.82) is 0 Å². The SMILES string of the molecule is CN=C(NCC1CCSCC1)N1CCC(CN2CCCCC2)C1.I. The first kappa shape index (κ1) is 20.6. The van der Waals surface area contributed by atoms with E-state index in [0.29, 0.717) is 0 Å². The molecule has 0 spiro atoms. The van der Waals surface area contributed by atoms with Gasteiger partial charge in [0.25, 0.3) is 0 Å². The van der Waals surface area contributed by atoms with E-state index in [4.69, 9.17) is 0 Å². The molecule has 1 atom stereocenters. The van der Waals surface area contributed by atoms with Crippen LogP contribution in [0.25, 0.3) is 0 Å². The van der Waals surface area contributed by atoms with E-state index in [-0.39, 0.29) is 24.0 Å². The van der Waals surface area contributed by atoms with Gasteiger partial charge in [0.1, 0.15) is 0 Å². The van der Waals surface area contributed by atoms with E-state index < -0.39 is 0 Å². The molecule has 0 amide bonds. The molecular weight excluding hydrogens is 431 g/mol. The van der Waals surface area contributed by atoms with Crippen LogP contribution in [0, 0.1) is 11.8 Å². The van der Waals surface area contributed by atoms with Gasteiger partial charge in [-0.25, -0.2) is 0 Å². The Morgan fingerprint density at radius 1 is 1.04 bits per heavy atom. The summed E-state index contributed by atoms with van der Waals surface area (Å²) < 4.78 is 0. The summed E-state index contributed by atoms with van der Waals surface area (Å²) in [5.74, 6) is 5.50. The molecule has 3 aliphatic rings. The third kappa shape index (κ3) is 6.24. The maximum Gasteiger partial charge on any atom is 0.193 e. The molecule has 1 N–H and O–H groups in total. The molecule has 0 radical (unpaired) electrons. The van der Waals surface area contributed by atoms with Crippen LogP contribution in [-0.4, -0.2) is 73.6 Å². The van der Waals surface area contributed by atoms with Crippen LogP contribution in [0.5, 0.6) is 0 Å². The number of hydrogen-bond donors (Lipinski definition) is 1. The first-order valence-electron chi connectivity index (χ1n) is 9.61. The Hall–Kier alpha value is 0.310. The van der Waals surface area contributed by atoms with Gasteiger partial charge in [-0.15, -0.1) is 24.0 Å². The van der Waals surface area contributed by atoms with Gasteiger partial charge in [-0.2, -0.15) is 11.8 Å². The fourth-order valence-electron chi connectivity index (χ4n) is 4.20. The Kier molecular flexibility index (Phi) is 9.55. The van der Waals surface area contributed by atoms with Gasteiger partial charge < -0.3 is 15.1 Å². The number of aliphatic imine (C=N–C) groups is 1. The van der Waals surface area contributed by atoms with Crippen molar-refractivity contribution in [1.82, 2.24) is 15.1 Å². The highest BCUT2D eigenvalue weighted by molar-refractivity contribution is 14.0. The van der Waals surface area contributed by atoms with Crippen molar-refractivity contribution < 1.29 is 0 Å². The zero-order chi connectivity index (χ0) is 15.9. The molecule has 0 aromatic rings. The molecule has 4 nitrogen and oxygen atoms in total. The first-order valence-corrected chi connectivity index (χ1v) is 10.8. The minimum atomic E-state index is 0. The summed E-state index contributed by atoms with van der Waals surface area (Å²) >= 11 is 2.11. The lowest BCUT2D eigenvalue weighted by atomic mass is 10.0. The van der Waals surface area contributed by atoms with Gasteiger partial charge in [0.2, 0.25) is 0 Å². The number of halogens is 1. The summed E-state index contributed by atoms with van der Waals surface area (Å²) in [6, 6.07) is 0. The molecule has 24 heavy (non-hydrogen) atoms. The summed E-state index contributed by atoms with van der Waals surface area (Å²) in [6.07, 6.45) is 8.30. The summed E-state index contributed by atoms with van der Waals surface area (Å²) in [4.78, 5) is 9.73. The standard InChI is InChI=1S/C18H34N4S.HI/c1-19-18(20-13-16-6-11-23-12-7-16)22-10-5-17(15-22)14-21-8-3-2-4-9-21;/h16-17H,2-15H2,1H3,(H,19,20);1H. The molecule has 3 rings (SSSR count). The summed E-state index contributed by atoms with van der Waals surface area (Å²) in [5.41, 5.74) is 0. The number of piperidine rings is 1. The molecule has 3 heterocycles. The van der Waals surface area contributed by atoms with Crippen LogP contribution in [0.2, 0.25) is 0 Å². The lowest BCUT2D eigenvalue weighted by molar-refractivity contribution is 0.198. The maximum atomic E-state index is 4.55. The highest BCUT2D eigenvalue weighted by Crippen LogP contribution is 2.23. The largest absolute Gasteiger partial charge is 0.356 e. The Morgan fingerprint density at radius 2 is 1.79 bits per heavy atom. The highest BCUT2D eigenvalue weighted by Gasteiger charge is 2.27. The van der Waals surface area contributed by atoms with Crippen molar-refractivity contribution in [3.05, 3.63) is 0 Å². The van der Waals surface area contributed by atoms with E-state index in [1.807, 2.05) is 7.05 Å². The molecule has 1 unspecified atom stereocenters. The predicted molar refractivity (Wildman–Crippen MR) is 117 cm³/mol. The average molecular weight is 466 g/mol. The third-order valence-corrected chi connectivity index (χ3v) is 6.70. The van der Waals surface area contributed by atoms with Crippen molar-refractivity contribution in [2.75, 3.05) is 57.8 Å². The number of nitrogens with zero attached hydrogens (tertiary/aromatic N) is 3. The van der Waals surface area contributed by atoms with E-state index >= 15 is 0 Å². The second kappa shape index (κ2) is 11.1. The monoisotopic (exact) mass is 466 g/mol. The number of hydrogen-bond acceptors (Lipinski definition) is 3. The molecule has 0 aliphatic carbocycles. The van der Waals surface area contributed by atoms with Crippen molar-refractivity contribution in [3.63, 3.8) is 0 Å². The van der Waals surface area contributed by atoms with Crippen molar-refractivity contribution in [2.24, 2.45) is 16.8 Å². The Balaban J connectivity index is 0.00000208. The van der Waals surface area contributed by atoms with Crippen LogP contribution in [0.3, 0.4) is 0 Å². The Morgan fingerprint density at radius 3 is 2.50 bits per heavy atom. The van der Waals surface area contributed by atoms with Crippen LogP contribution < -0.4 is 5.32 Å². The predicted octanol–water partition coefficient (Wildman–Crippen LogP) is 3.13. The zero-order valence-electron chi connectivity index (χ0n) is 15.2. The van der Waals surface area contributed by atoms with E-state index in [2.05, 4.69) is 31.9 Å². The van der Waals surface area contributed by atoms with Crippen molar-refractivity contribution in [3.8, 4) is 0 Å². The molecule has 3 fully saturated rings. The molecule has 0 bridgehead atoms. The molecule has 3 aliphatic heterocycles. The fraction of sp³-hybridized carbons (Fsp3) is 0.944. The minimum Gasteiger partial charge on any atom is -0.356 e. The highest BCUT2D eigenvalue weighted by atomic mass is 127. The van der Waals surface area contributed by atoms with E-state index in [1.165, 1.54) is 82.8 Å². The van der Waals surface area contributed by atoms with E-state index in [9.17, 15) is 0 Å². The quantitative estimate of drug-likeness (QED) is 0.392. The molecule has 6 heteroatoms. The van der Waals surface area contributed by atoms with Crippen LogP contribution in [0.4, 0.5) is 0 Å². The topological polar surface area (TPSA) is 30.9 Å². The smallest absolute Gasteiger partial charge is 0.193 e. The first-order chi connectivity index (χ1) is 11.3. The van der Waals surface area contributed by atoms with E-state index in [1.54, 1.807) is 0 Å². The van der Waals surface area contributed by atoms with Gasteiger partial charge in [-0.3, -0.25) is 4.99 Å². The maximum absolute atomic E-state index is 4.55. The number of rotatable bonds is 4. The number of likely N-dealkylation sites (tertiary alicyclic amines) is 2. The summed E-state index contributed by atoms with van der Waals surface area (Å²) in [6.45, 7) is 7.43. The average Bonchev–Trinajstić information content (AvgIpc) is 3.06. The van der Waals surface area contributed by atoms with E-state index in [0.717, 1.165) is 24.3 Å². The molecule has 3 saturated heterocycles. The van der Waals surface area contributed by atoms with Crippen LogP contribution >= 0.6 is 35.7 Å². The lowest BCUT2D eigenvalue weighted by Gasteiger charge is -2.29. The third-order valence-electron chi connectivity index (χ3n) is 5.65. The molecular formula is C18H35IN4S. The Bertz CT molecular complexity index is 381. The number of thioether (sulfide) groups is 1. The minimum absolute atomic E-state index is 0.